The Balaban J connectivity index is 1.85. The largest absolute Gasteiger partial charge is 0.497 e. The zero-order chi connectivity index (χ0) is 18.5. The van der Waals surface area contributed by atoms with Gasteiger partial charge in [0.2, 0.25) is 0 Å². The van der Waals surface area contributed by atoms with Crippen LogP contribution in [0.15, 0.2) is 48.5 Å². The molecule has 0 N–H and O–H groups in total. The van der Waals surface area contributed by atoms with E-state index in [1.165, 1.54) is 0 Å². The number of rotatable bonds is 6. The third-order valence-electron chi connectivity index (χ3n) is 4.17. The fourth-order valence-corrected chi connectivity index (χ4v) is 2.81. The molecule has 3 rings (SSSR count). The molecule has 1 heterocycles. The van der Waals surface area contributed by atoms with E-state index < -0.39 is 24.5 Å². The van der Waals surface area contributed by atoms with Crippen LogP contribution in [0.2, 0.25) is 0 Å². The molecule has 0 spiro atoms. The maximum atomic E-state index is 12.4. The van der Waals surface area contributed by atoms with Crippen LogP contribution in [0.1, 0.15) is 30.4 Å². The number of ether oxygens (including phenoxy) is 5. The summed E-state index contributed by atoms with van der Waals surface area (Å²) in [4.78, 5) is 12.4. The molecular formula is C20H22O6. The van der Waals surface area contributed by atoms with Gasteiger partial charge in [-0.1, -0.05) is 24.3 Å². The van der Waals surface area contributed by atoms with E-state index in [1.807, 2.05) is 48.5 Å². The van der Waals surface area contributed by atoms with E-state index in [2.05, 4.69) is 0 Å². The number of benzene rings is 2. The second-order valence-electron chi connectivity index (χ2n) is 5.74. The van der Waals surface area contributed by atoms with Crippen LogP contribution < -0.4 is 9.47 Å². The van der Waals surface area contributed by atoms with Crippen molar-refractivity contribution in [2.45, 2.75) is 25.4 Å². The van der Waals surface area contributed by atoms with Gasteiger partial charge in [0, 0.05) is 5.56 Å². The molecule has 0 aliphatic carbocycles. The first kappa shape index (κ1) is 18.2. The SMILES string of the molecule is CCOC(=O)[C@H]1O[C@@H](c2ccc(OC)cc2)O[C@@H]1c1ccc(OC)cc1. The van der Waals surface area contributed by atoms with E-state index in [4.69, 9.17) is 23.7 Å². The fourth-order valence-electron chi connectivity index (χ4n) is 2.81. The number of methoxy groups -OCH3 is 2. The third-order valence-corrected chi connectivity index (χ3v) is 4.17. The molecule has 1 aliphatic rings. The van der Waals surface area contributed by atoms with Crippen molar-refractivity contribution in [1.29, 1.82) is 0 Å². The molecule has 6 heteroatoms. The van der Waals surface area contributed by atoms with Gasteiger partial charge in [-0.25, -0.2) is 4.79 Å². The number of carbonyl (C=O) groups excluding carboxylic acids is 1. The van der Waals surface area contributed by atoms with Crippen LogP contribution in [0.4, 0.5) is 0 Å². The quantitative estimate of drug-likeness (QED) is 0.738. The van der Waals surface area contributed by atoms with Gasteiger partial charge in [0.15, 0.2) is 12.4 Å². The molecule has 2 aromatic rings. The minimum Gasteiger partial charge on any atom is -0.497 e. The van der Waals surface area contributed by atoms with Gasteiger partial charge < -0.3 is 23.7 Å². The highest BCUT2D eigenvalue weighted by atomic mass is 16.7. The minimum atomic E-state index is -0.838. The monoisotopic (exact) mass is 358 g/mol. The van der Waals surface area contributed by atoms with Crippen molar-refractivity contribution in [3.63, 3.8) is 0 Å². The summed E-state index contributed by atoms with van der Waals surface area (Å²) in [6, 6.07) is 14.7. The lowest BCUT2D eigenvalue weighted by Crippen LogP contribution is -2.28. The minimum absolute atomic E-state index is 0.279. The van der Waals surface area contributed by atoms with Crippen molar-refractivity contribution in [2.75, 3.05) is 20.8 Å². The molecule has 138 valence electrons. The standard InChI is InChI=1S/C20H22O6/c1-4-24-19(21)18-17(13-5-9-15(22-2)10-6-13)25-20(26-18)14-7-11-16(23-3)12-8-14/h5-12,17-18,20H,4H2,1-3H3/t17-,18+,20+/m1/s1. The van der Waals surface area contributed by atoms with E-state index in [0.717, 1.165) is 22.6 Å². The van der Waals surface area contributed by atoms with Crippen molar-refractivity contribution in [1.82, 2.24) is 0 Å². The summed E-state index contributed by atoms with van der Waals surface area (Å²) in [5.41, 5.74) is 1.62. The highest BCUT2D eigenvalue weighted by Gasteiger charge is 2.43. The average Bonchev–Trinajstić information content (AvgIpc) is 3.14. The Morgan fingerprint density at radius 3 is 1.92 bits per heavy atom. The van der Waals surface area contributed by atoms with E-state index in [0.29, 0.717) is 0 Å². The molecule has 0 bridgehead atoms. The second-order valence-corrected chi connectivity index (χ2v) is 5.74. The Kier molecular flexibility index (Phi) is 5.75. The van der Waals surface area contributed by atoms with Crippen LogP contribution in [0.25, 0.3) is 0 Å². The Morgan fingerprint density at radius 2 is 1.42 bits per heavy atom. The number of carbonyl (C=O) groups is 1. The summed E-state index contributed by atoms with van der Waals surface area (Å²) in [6.07, 6.45) is -2.06. The van der Waals surface area contributed by atoms with Crippen LogP contribution >= 0.6 is 0 Å². The summed E-state index contributed by atoms with van der Waals surface area (Å²) in [5.74, 6) is 1.02. The van der Waals surface area contributed by atoms with Crippen LogP contribution in [-0.4, -0.2) is 32.9 Å². The van der Waals surface area contributed by atoms with Crippen LogP contribution in [0.3, 0.4) is 0 Å². The first-order valence-electron chi connectivity index (χ1n) is 8.41. The van der Waals surface area contributed by atoms with Crippen LogP contribution in [0, 0.1) is 0 Å². The second kappa shape index (κ2) is 8.21. The summed E-state index contributed by atoms with van der Waals surface area (Å²) >= 11 is 0. The van der Waals surface area contributed by atoms with Crippen molar-refractivity contribution in [3.8, 4) is 11.5 Å². The van der Waals surface area contributed by atoms with E-state index in [9.17, 15) is 4.79 Å². The molecule has 0 radical (unpaired) electrons. The Bertz CT molecular complexity index is 725. The third kappa shape index (κ3) is 3.81. The summed E-state index contributed by atoms with van der Waals surface area (Å²) in [7, 11) is 3.21. The van der Waals surface area contributed by atoms with Gasteiger partial charge in [0.1, 0.15) is 17.6 Å². The van der Waals surface area contributed by atoms with Crippen LogP contribution in [0.5, 0.6) is 11.5 Å². The van der Waals surface area contributed by atoms with E-state index in [-0.39, 0.29) is 6.61 Å². The van der Waals surface area contributed by atoms with E-state index in [1.54, 1.807) is 21.1 Å². The lowest BCUT2D eigenvalue weighted by atomic mass is 10.0. The smallest absolute Gasteiger partial charge is 0.338 e. The zero-order valence-electron chi connectivity index (χ0n) is 15.0. The normalized spacial score (nSPS) is 22.0. The predicted octanol–water partition coefficient (Wildman–Crippen LogP) is 3.42. The molecule has 0 saturated carbocycles. The van der Waals surface area contributed by atoms with Crippen molar-refractivity contribution in [3.05, 3.63) is 59.7 Å². The molecule has 0 unspecified atom stereocenters. The Labute approximate surface area is 152 Å². The summed E-state index contributed by atoms with van der Waals surface area (Å²) in [5, 5.41) is 0. The molecule has 2 aromatic carbocycles. The van der Waals surface area contributed by atoms with Gasteiger partial charge >= 0.3 is 5.97 Å². The molecule has 1 fully saturated rings. The Hall–Kier alpha value is -2.57. The molecule has 6 nitrogen and oxygen atoms in total. The zero-order valence-corrected chi connectivity index (χ0v) is 15.0. The topological polar surface area (TPSA) is 63.2 Å². The van der Waals surface area contributed by atoms with Crippen molar-refractivity contribution >= 4 is 5.97 Å². The Morgan fingerprint density at radius 1 is 0.885 bits per heavy atom. The molecule has 26 heavy (non-hydrogen) atoms. The summed E-state index contributed by atoms with van der Waals surface area (Å²) < 4.78 is 27.4. The van der Waals surface area contributed by atoms with Crippen LogP contribution in [-0.2, 0) is 19.0 Å². The maximum Gasteiger partial charge on any atom is 0.338 e. The maximum absolute atomic E-state index is 12.4. The molecule has 3 atom stereocenters. The average molecular weight is 358 g/mol. The van der Waals surface area contributed by atoms with E-state index >= 15 is 0 Å². The summed E-state index contributed by atoms with van der Waals surface area (Å²) in [6.45, 7) is 2.04. The van der Waals surface area contributed by atoms with Gasteiger partial charge in [0.05, 0.1) is 20.8 Å². The highest BCUT2D eigenvalue weighted by Crippen LogP contribution is 2.41. The number of hydrogen-bond donors (Lipinski definition) is 0. The molecule has 0 amide bonds. The first-order chi connectivity index (χ1) is 12.7. The van der Waals surface area contributed by atoms with Gasteiger partial charge in [-0.05, 0) is 36.8 Å². The molecule has 0 aromatic heterocycles. The number of esters is 1. The predicted molar refractivity (Wildman–Crippen MR) is 94.1 cm³/mol. The van der Waals surface area contributed by atoms with Gasteiger partial charge in [-0.2, -0.15) is 0 Å². The lowest BCUT2D eigenvalue weighted by Gasteiger charge is -2.16. The van der Waals surface area contributed by atoms with Gasteiger partial charge in [0.25, 0.3) is 0 Å². The van der Waals surface area contributed by atoms with Gasteiger partial charge in [-0.15, -0.1) is 0 Å². The first-order valence-corrected chi connectivity index (χ1v) is 8.41. The van der Waals surface area contributed by atoms with Gasteiger partial charge in [-0.3, -0.25) is 0 Å². The van der Waals surface area contributed by atoms with Crippen molar-refractivity contribution in [2.24, 2.45) is 0 Å². The molecular weight excluding hydrogens is 336 g/mol. The number of hydrogen-bond acceptors (Lipinski definition) is 6. The molecule has 1 saturated heterocycles. The molecule has 1 aliphatic heterocycles. The highest BCUT2D eigenvalue weighted by molar-refractivity contribution is 5.76. The fraction of sp³-hybridized carbons (Fsp3) is 0.350. The van der Waals surface area contributed by atoms with Crippen molar-refractivity contribution < 1.29 is 28.5 Å². The lowest BCUT2D eigenvalue weighted by molar-refractivity contribution is -0.157.